The van der Waals surface area contributed by atoms with Crippen molar-refractivity contribution in [2.45, 2.75) is 19.8 Å². The lowest BCUT2D eigenvalue weighted by molar-refractivity contribution is -0.147. The van der Waals surface area contributed by atoms with Gasteiger partial charge in [0.15, 0.2) is 0 Å². The SMILES string of the molecule is CC/C=C(/N)CC(COC)C(=O)OC. The predicted molar refractivity (Wildman–Crippen MR) is 54.6 cm³/mol. The molecular weight excluding hydrogens is 182 g/mol. The summed E-state index contributed by atoms with van der Waals surface area (Å²) in [6, 6.07) is 0. The van der Waals surface area contributed by atoms with Gasteiger partial charge in [0, 0.05) is 19.2 Å². The minimum atomic E-state index is -0.298. The van der Waals surface area contributed by atoms with Crippen molar-refractivity contribution in [3.63, 3.8) is 0 Å². The average molecular weight is 201 g/mol. The van der Waals surface area contributed by atoms with Crippen LogP contribution in [-0.4, -0.2) is 26.8 Å². The Morgan fingerprint density at radius 3 is 2.57 bits per heavy atom. The number of rotatable bonds is 6. The fourth-order valence-electron chi connectivity index (χ4n) is 1.21. The maximum absolute atomic E-state index is 11.3. The number of carbonyl (C=O) groups is 1. The van der Waals surface area contributed by atoms with Gasteiger partial charge in [0.2, 0.25) is 0 Å². The molecule has 1 unspecified atom stereocenters. The Hall–Kier alpha value is -1.03. The highest BCUT2D eigenvalue weighted by atomic mass is 16.5. The summed E-state index contributed by atoms with van der Waals surface area (Å²) in [5, 5.41) is 0. The van der Waals surface area contributed by atoms with E-state index in [0.29, 0.717) is 18.7 Å². The number of allylic oxidation sites excluding steroid dienone is 2. The second kappa shape index (κ2) is 7.38. The highest BCUT2D eigenvalue weighted by molar-refractivity contribution is 5.72. The van der Waals surface area contributed by atoms with Crippen LogP contribution < -0.4 is 5.73 Å². The van der Waals surface area contributed by atoms with Gasteiger partial charge in [-0.15, -0.1) is 0 Å². The molecule has 14 heavy (non-hydrogen) atoms. The van der Waals surface area contributed by atoms with Crippen molar-refractivity contribution in [2.75, 3.05) is 20.8 Å². The van der Waals surface area contributed by atoms with Gasteiger partial charge in [0.05, 0.1) is 19.6 Å². The molecule has 0 aliphatic carbocycles. The lowest BCUT2D eigenvalue weighted by Crippen LogP contribution is -2.23. The molecule has 0 amide bonds. The van der Waals surface area contributed by atoms with Crippen molar-refractivity contribution in [1.82, 2.24) is 0 Å². The summed E-state index contributed by atoms with van der Waals surface area (Å²) in [6.45, 7) is 2.33. The van der Waals surface area contributed by atoms with E-state index in [1.807, 2.05) is 13.0 Å². The predicted octanol–water partition coefficient (Wildman–Crippen LogP) is 1.06. The van der Waals surface area contributed by atoms with Gasteiger partial charge < -0.3 is 15.2 Å². The van der Waals surface area contributed by atoms with Crippen molar-refractivity contribution in [2.24, 2.45) is 11.7 Å². The Kier molecular flexibility index (Phi) is 6.84. The second-order valence-electron chi connectivity index (χ2n) is 3.07. The zero-order valence-electron chi connectivity index (χ0n) is 9.08. The van der Waals surface area contributed by atoms with Crippen LogP contribution in [0.5, 0.6) is 0 Å². The largest absolute Gasteiger partial charge is 0.469 e. The Bertz CT molecular complexity index is 202. The molecule has 0 heterocycles. The van der Waals surface area contributed by atoms with Crippen LogP contribution in [0, 0.1) is 5.92 Å². The fraction of sp³-hybridized carbons (Fsp3) is 0.700. The summed E-state index contributed by atoms with van der Waals surface area (Å²) >= 11 is 0. The van der Waals surface area contributed by atoms with Crippen LogP contribution in [0.15, 0.2) is 11.8 Å². The van der Waals surface area contributed by atoms with E-state index in [2.05, 4.69) is 4.74 Å². The summed E-state index contributed by atoms with van der Waals surface area (Å²) in [7, 11) is 2.92. The van der Waals surface area contributed by atoms with Gasteiger partial charge >= 0.3 is 5.97 Å². The first-order valence-corrected chi connectivity index (χ1v) is 4.66. The molecule has 0 fully saturated rings. The van der Waals surface area contributed by atoms with Crippen LogP contribution in [0.4, 0.5) is 0 Å². The zero-order valence-corrected chi connectivity index (χ0v) is 9.08. The number of methoxy groups -OCH3 is 2. The lowest BCUT2D eigenvalue weighted by Gasteiger charge is -2.13. The molecule has 0 bridgehead atoms. The van der Waals surface area contributed by atoms with Crippen LogP contribution >= 0.6 is 0 Å². The molecule has 0 aliphatic heterocycles. The van der Waals surface area contributed by atoms with Crippen molar-refractivity contribution < 1.29 is 14.3 Å². The molecule has 0 saturated carbocycles. The van der Waals surface area contributed by atoms with Crippen molar-refractivity contribution >= 4 is 5.97 Å². The second-order valence-corrected chi connectivity index (χ2v) is 3.07. The number of hydrogen-bond donors (Lipinski definition) is 1. The third kappa shape index (κ3) is 4.87. The van der Waals surface area contributed by atoms with E-state index >= 15 is 0 Å². The van der Waals surface area contributed by atoms with Gasteiger partial charge in [-0.05, 0) is 6.42 Å². The van der Waals surface area contributed by atoms with Crippen LogP contribution in [0.25, 0.3) is 0 Å². The Labute approximate surface area is 85.1 Å². The highest BCUT2D eigenvalue weighted by Crippen LogP contribution is 2.10. The van der Waals surface area contributed by atoms with Crippen LogP contribution in [0.1, 0.15) is 19.8 Å². The van der Waals surface area contributed by atoms with E-state index < -0.39 is 0 Å². The molecular formula is C10H19NO3. The maximum Gasteiger partial charge on any atom is 0.311 e. The van der Waals surface area contributed by atoms with Crippen molar-refractivity contribution in [1.29, 1.82) is 0 Å². The smallest absolute Gasteiger partial charge is 0.311 e. The summed E-state index contributed by atoms with van der Waals surface area (Å²) in [4.78, 5) is 11.3. The zero-order chi connectivity index (χ0) is 11.0. The quantitative estimate of drug-likeness (QED) is 0.653. The van der Waals surface area contributed by atoms with E-state index in [-0.39, 0.29) is 11.9 Å². The third-order valence-corrected chi connectivity index (χ3v) is 1.85. The Morgan fingerprint density at radius 1 is 1.50 bits per heavy atom. The summed E-state index contributed by atoms with van der Waals surface area (Å²) in [5.41, 5.74) is 6.41. The van der Waals surface area contributed by atoms with Crippen LogP contribution in [-0.2, 0) is 14.3 Å². The normalized spacial score (nSPS) is 13.8. The van der Waals surface area contributed by atoms with Crippen LogP contribution in [0.3, 0.4) is 0 Å². The third-order valence-electron chi connectivity index (χ3n) is 1.85. The van der Waals surface area contributed by atoms with Gasteiger partial charge in [-0.25, -0.2) is 0 Å². The molecule has 0 rings (SSSR count). The molecule has 0 aromatic rings. The molecule has 0 spiro atoms. The Balaban J connectivity index is 4.21. The highest BCUT2D eigenvalue weighted by Gasteiger charge is 2.19. The summed E-state index contributed by atoms with van der Waals surface area (Å²) in [6.07, 6.45) is 3.26. The van der Waals surface area contributed by atoms with Gasteiger partial charge in [-0.1, -0.05) is 13.0 Å². The lowest BCUT2D eigenvalue weighted by atomic mass is 10.0. The monoisotopic (exact) mass is 201 g/mol. The summed E-state index contributed by atoms with van der Waals surface area (Å²) in [5.74, 6) is -0.577. The molecule has 4 heteroatoms. The van der Waals surface area contributed by atoms with Gasteiger partial charge in [-0.2, -0.15) is 0 Å². The molecule has 0 radical (unpaired) electrons. The molecule has 0 saturated heterocycles. The number of nitrogens with two attached hydrogens (primary N) is 1. The molecule has 1 atom stereocenters. The van der Waals surface area contributed by atoms with Crippen LogP contribution in [0.2, 0.25) is 0 Å². The standard InChI is InChI=1S/C10H19NO3/c1-4-5-9(11)6-8(7-13-2)10(12)14-3/h5,8H,4,6-7,11H2,1-3H3/b9-5+. The Morgan fingerprint density at radius 2 is 2.14 bits per heavy atom. The fourth-order valence-corrected chi connectivity index (χ4v) is 1.21. The van der Waals surface area contributed by atoms with E-state index in [9.17, 15) is 4.79 Å². The van der Waals surface area contributed by atoms with Gasteiger partial charge in [-0.3, -0.25) is 4.79 Å². The molecule has 2 N–H and O–H groups in total. The number of esters is 1. The van der Waals surface area contributed by atoms with Crippen molar-refractivity contribution in [3.8, 4) is 0 Å². The summed E-state index contributed by atoms with van der Waals surface area (Å²) < 4.78 is 9.56. The molecule has 4 nitrogen and oxygen atoms in total. The maximum atomic E-state index is 11.3. The van der Waals surface area contributed by atoms with E-state index in [4.69, 9.17) is 10.5 Å². The number of ether oxygens (including phenoxy) is 2. The van der Waals surface area contributed by atoms with Crippen molar-refractivity contribution in [3.05, 3.63) is 11.8 Å². The van der Waals surface area contributed by atoms with Gasteiger partial charge in [0.1, 0.15) is 0 Å². The van der Waals surface area contributed by atoms with E-state index in [0.717, 1.165) is 6.42 Å². The van der Waals surface area contributed by atoms with E-state index in [1.165, 1.54) is 7.11 Å². The molecule has 82 valence electrons. The van der Waals surface area contributed by atoms with E-state index in [1.54, 1.807) is 7.11 Å². The molecule has 0 aliphatic rings. The number of hydrogen-bond acceptors (Lipinski definition) is 4. The first-order valence-electron chi connectivity index (χ1n) is 4.66. The topological polar surface area (TPSA) is 61.5 Å². The van der Waals surface area contributed by atoms with Gasteiger partial charge in [0.25, 0.3) is 0 Å². The molecule has 0 aromatic carbocycles. The first kappa shape index (κ1) is 13.0. The number of carbonyl (C=O) groups excluding carboxylic acids is 1. The minimum absolute atomic E-state index is 0.278. The first-order chi connectivity index (χ1) is 6.65. The molecule has 0 aromatic heterocycles. The average Bonchev–Trinajstić information content (AvgIpc) is 2.16. The minimum Gasteiger partial charge on any atom is -0.469 e.